The number of benzene rings is 2. The van der Waals surface area contributed by atoms with Crippen LogP contribution in [-0.2, 0) is 26.2 Å². The monoisotopic (exact) mass is 533 g/mol. The third-order valence-electron chi connectivity index (χ3n) is 4.86. The average molecular weight is 535 g/mol. The molecule has 0 unspecified atom stereocenters. The van der Waals surface area contributed by atoms with Crippen LogP contribution < -0.4 is 9.62 Å². The number of sulfonamides is 1. The zero-order valence-corrected chi connectivity index (χ0v) is 21.6. The zero-order valence-electron chi connectivity index (χ0n) is 18.5. The predicted octanol–water partition coefficient (Wildman–Crippen LogP) is 4.36. The van der Waals surface area contributed by atoms with Crippen LogP contribution in [0.1, 0.15) is 25.8 Å². The second-order valence-electron chi connectivity index (χ2n) is 7.33. The van der Waals surface area contributed by atoms with E-state index >= 15 is 0 Å². The van der Waals surface area contributed by atoms with E-state index in [1.54, 1.807) is 38.1 Å². The molecule has 2 rings (SSSR count). The molecule has 2 aromatic rings. The van der Waals surface area contributed by atoms with E-state index in [1.807, 2.05) is 0 Å². The molecule has 0 aliphatic rings. The topological polar surface area (TPSA) is 86.8 Å². The zero-order chi connectivity index (χ0) is 24.8. The maximum absolute atomic E-state index is 13.5. The molecule has 0 radical (unpaired) electrons. The summed E-state index contributed by atoms with van der Waals surface area (Å²) in [5.41, 5.74) is 0.861. The van der Waals surface area contributed by atoms with Gasteiger partial charge in [-0.15, -0.1) is 0 Å². The molecule has 180 valence electrons. The summed E-state index contributed by atoms with van der Waals surface area (Å²) < 4.78 is 26.0. The van der Waals surface area contributed by atoms with Crippen molar-refractivity contribution in [1.29, 1.82) is 0 Å². The van der Waals surface area contributed by atoms with Gasteiger partial charge >= 0.3 is 0 Å². The van der Waals surface area contributed by atoms with E-state index in [4.69, 9.17) is 34.8 Å². The summed E-state index contributed by atoms with van der Waals surface area (Å²) in [6.45, 7) is 3.52. The molecular weight excluding hydrogens is 509 g/mol. The lowest BCUT2D eigenvalue weighted by Gasteiger charge is -2.33. The van der Waals surface area contributed by atoms with Gasteiger partial charge in [0.1, 0.15) is 12.6 Å². The summed E-state index contributed by atoms with van der Waals surface area (Å²) >= 11 is 18.1. The minimum atomic E-state index is -3.88. The Morgan fingerprint density at radius 1 is 1.00 bits per heavy atom. The third-order valence-corrected chi connectivity index (χ3v) is 6.78. The van der Waals surface area contributed by atoms with Crippen molar-refractivity contribution in [2.24, 2.45) is 0 Å². The van der Waals surface area contributed by atoms with Crippen molar-refractivity contribution in [3.05, 3.63) is 63.1 Å². The molecule has 2 aromatic carbocycles. The number of likely N-dealkylation sites (N-methyl/N-ethyl adjacent to an activating group) is 1. The number of carbonyl (C=O) groups excluding carboxylic acids is 2. The number of nitrogens with zero attached hydrogens (tertiary/aromatic N) is 2. The van der Waals surface area contributed by atoms with Gasteiger partial charge in [0.05, 0.1) is 17.0 Å². The highest BCUT2D eigenvalue weighted by molar-refractivity contribution is 7.92. The highest BCUT2D eigenvalue weighted by Gasteiger charge is 2.32. The Morgan fingerprint density at radius 3 is 2.12 bits per heavy atom. The van der Waals surface area contributed by atoms with Crippen LogP contribution in [-0.4, -0.2) is 50.5 Å². The quantitative estimate of drug-likeness (QED) is 0.491. The fourth-order valence-corrected chi connectivity index (χ4v) is 4.82. The van der Waals surface area contributed by atoms with Crippen LogP contribution in [0.5, 0.6) is 0 Å². The molecule has 0 aliphatic heterocycles. The van der Waals surface area contributed by atoms with E-state index in [9.17, 15) is 18.0 Å². The van der Waals surface area contributed by atoms with Crippen LogP contribution in [0.4, 0.5) is 5.69 Å². The Bertz CT molecular complexity index is 1090. The summed E-state index contributed by atoms with van der Waals surface area (Å²) in [7, 11) is -3.88. The Labute approximate surface area is 209 Å². The molecule has 0 saturated carbocycles. The summed E-state index contributed by atoms with van der Waals surface area (Å²) in [5.74, 6) is -0.878. The van der Waals surface area contributed by atoms with E-state index < -0.39 is 28.5 Å². The van der Waals surface area contributed by atoms with Crippen molar-refractivity contribution in [1.82, 2.24) is 10.2 Å². The number of carbonyl (C=O) groups is 2. The standard InChI is InChI=1S/C22H26Cl3N3O4S/c1-4-19(22(30)26-5-2)27(13-15-6-8-16(23)9-7-15)21(29)14-28(33(3,31)32)20-11-10-17(24)12-18(20)25/h6-12,19H,4-5,13-14H2,1-3H3,(H,26,30)/t19-/m1/s1. The highest BCUT2D eigenvalue weighted by atomic mass is 35.5. The summed E-state index contributed by atoms with van der Waals surface area (Å²) in [6.07, 6.45) is 1.32. The minimum absolute atomic E-state index is 0.0840. The van der Waals surface area contributed by atoms with Gasteiger partial charge in [0, 0.05) is 23.1 Å². The summed E-state index contributed by atoms with van der Waals surface area (Å²) in [5, 5.41) is 3.68. The van der Waals surface area contributed by atoms with E-state index in [2.05, 4.69) is 5.32 Å². The average Bonchev–Trinajstić information content (AvgIpc) is 2.73. The fraction of sp³-hybridized carbons (Fsp3) is 0.364. The number of amides is 2. The molecule has 0 fully saturated rings. The third kappa shape index (κ3) is 7.50. The molecular formula is C22H26Cl3N3O4S. The van der Waals surface area contributed by atoms with Crippen molar-refractivity contribution < 1.29 is 18.0 Å². The molecule has 0 spiro atoms. The fourth-order valence-electron chi connectivity index (χ4n) is 3.28. The number of halogens is 3. The van der Waals surface area contributed by atoms with E-state index in [-0.39, 0.29) is 23.2 Å². The number of nitrogens with one attached hydrogen (secondary N) is 1. The second-order valence-corrected chi connectivity index (χ2v) is 10.5. The second kappa shape index (κ2) is 11.9. The van der Waals surface area contributed by atoms with Gasteiger partial charge in [-0.1, -0.05) is 53.9 Å². The first-order chi connectivity index (χ1) is 15.5. The largest absolute Gasteiger partial charge is 0.355 e. The Balaban J connectivity index is 2.45. The van der Waals surface area contributed by atoms with E-state index in [0.29, 0.717) is 23.0 Å². The van der Waals surface area contributed by atoms with Gasteiger partial charge in [-0.05, 0) is 49.2 Å². The first kappa shape index (κ1) is 27.2. The van der Waals surface area contributed by atoms with Crippen molar-refractivity contribution in [2.75, 3.05) is 23.7 Å². The molecule has 33 heavy (non-hydrogen) atoms. The molecule has 0 aliphatic carbocycles. The first-order valence-electron chi connectivity index (χ1n) is 10.2. The Morgan fingerprint density at radius 2 is 1.61 bits per heavy atom. The number of hydrogen-bond donors (Lipinski definition) is 1. The normalized spacial score (nSPS) is 12.2. The molecule has 1 atom stereocenters. The van der Waals surface area contributed by atoms with Crippen LogP contribution in [0.3, 0.4) is 0 Å². The maximum Gasteiger partial charge on any atom is 0.244 e. The highest BCUT2D eigenvalue weighted by Crippen LogP contribution is 2.30. The van der Waals surface area contributed by atoms with Crippen molar-refractivity contribution in [3.63, 3.8) is 0 Å². The van der Waals surface area contributed by atoms with Gasteiger partial charge in [0.25, 0.3) is 0 Å². The minimum Gasteiger partial charge on any atom is -0.355 e. The summed E-state index contributed by atoms with van der Waals surface area (Å²) in [4.78, 5) is 27.6. The first-order valence-corrected chi connectivity index (χ1v) is 13.2. The smallest absolute Gasteiger partial charge is 0.244 e. The summed E-state index contributed by atoms with van der Waals surface area (Å²) in [6, 6.07) is 10.4. The van der Waals surface area contributed by atoms with E-state index in [0.717, 1.165) is 16.1 Å². The van der Waals surface area contributed by atoms with Crippen molar-refractivity contribution >= 4 is 62.3 Å². The van der Waals surface area contributed by atoms with Gasteiger partial charge in [-0.3, -0.25) is 13.9 Å². The van der Waals surface area contributed by atoms with Crippen LogP contribution in [0.15, 0.2) is 42.5 Å². The molecule has 7 nitrogen and oxygen atoms in total. The van der Waals surface area contributed by atoms with Crippen LogP contribution in [0.25, 0.3) is 0 Å². The van der Waals surface area contributed by atoms with E-state index in [1.165, 1.54) is 23.1 Å². The molecule has 0 aromatic heterocycles. The maximum atomic E-state index is 13.5. The SMILES string of the molecule is CCNC(=O)[C@@H](CC)N(Cc1ccc(Cl)cc1)C(=O)CN(c1ccc(Cl)cc1Cl)S(C)(=O)=O. The lowest BCUT2D eigenvalue weighted by atomic mass is 10.1. The number of hydrogen-bond acceptors (Lipinski definition) is 4. The van der Waals surface area contributed by atoms with Crippen molar-refractivity contribution in [3.8, 4) is 0 Å². The van der Waals surface area contributed by atoms with Gasteiger partial charge < -0.3 is 10.2 Å². The Hall–Kier alpha value is -2.00. The van der Waals surface area contributed by atoms with Crippen LogP contribution in [0.2, 0.25) is 15.1 Å². The van der Waals surface area contributed by atoms with Crippen LogP contribution in [0, 0.1) is 0 Å². The molecule has 0 heterocycles. The molecule has 1 N–H and O–H groups in total. The number of rotatable bonds is 10. The number of anilines is 1. The molecule has 2 amide bonds. The van der Waals surface area contributed by atoms with Crippen LogP contribution >= 0.6 is 34.8 Å². The molecule has 0 bridgehead atoms. The molecule has 11 heteroatoms. The van der Waals surface area contributed by atoms with Gasteiger partial charge in [0.2, 0.25) is 21.8 Å². The lowest BCUT2D eigenvalue weighted by molar-refractivity contribution is -0.140. The lowest BCUT2D eigenvalue weighted by Crippen LogP contribution is -2.52. The van der Waals surface area contributed by atoms with Gasteiger partial charge in [-0.2, -0.15) is 0 Å². The Kier molecular flexibility index (Phi) is 9.84. The predicted molar refractivity (Wildman–Crippen MR) is 133 cm³/mol. The van der Waals surface area contributed by atoms with Gasteiger partial charge in [0.15, 0.2) is 0 Å². The van der Waals surface area contributed by atoms with Crippen molar-refractivity contribution in [2.45, 2.75) is 32.9 Å². The van der Waals surface area contributed by atoms with Gasteiger partial charge in [-0.25, -0.2) is 8.42 Å². The molecule has 0 saturated heterocycles.